The van der Waals surface area contributed by atoms with E-state index in [1.54, 1.807) is 0 Å². The molecule has 18 heavy (non-hydrogen) atoms. The lowest BCUT2D eigenvalue weighted by Crippen LogP contribution is -2.32. The van der Waals surface area contributed by atoms with E-state index >= 15 is 0 Å². The molecule has 98 valence electrons. The zero-order valence-electron chi connectivity index (χ0n) is 10.6. The molecule has 0 aliphatic carbocycles. The van der Waals surface area contributed by atoms with Crippen molar-refractivity contribution in [1.82, 2.24) is 10.2 Å². The highest BCUT2D eigenvalue weighted by Crippen LogP contribution is 2.34. The second kappa shape index (κ2) is 4.52. The van der Waals surface area contributed by atoms with Gasteiger partial charge in [0, 0.05) is 24.7 Å². The van der Waals surface area contributed by atoms with Crippen LogP contribution in [0.25, 0.3) is 0 Å². The van der Waals surface area contributed by atoms with Crippen molar-refractivity contribution in [2.45, 2.75) is 19.5 Å². The number of hydrogen-bond donors (Lipinski definition) is 2. The highest BCUT2D eigenvalue weighted by Gasteiger charge is 2.41. The van der Waals surface area contributed by atoms with Gasteiger partial charge in [-0.1, -0.05) is 0 Å². The molecule has 1 aromatic rings. The summed E-state index contributed by atoms with van der Waals surface area (Å²) < 4.78 is 13.2. The summed E-state index contributed by atoms with van der Waals surface area (Å²) in [5.41, 5.74) is 0.690. The molecule has 2 aliphatic rings. The average molecular weight is 250 g/mol. The fraction of sp³-hybridized carbons (Fsp3) is 0.571. The number of halogens is 1. The van der Waals surface area contributed by atoms with Gasteiger partial charge in [-0.2, -0.15) is 0 Å². The first-order chi connectivity index (χ1) is 8.65. The fourth-order valence-corrected chi connectivity index (χ4v) is 3.36. The molecule has 0 radical (unpaired) electrons. The van der Waals surface area contributed by atoms with Crippen LogP contribution in [0, 0.1) is 17.7 Å². The molecule has 2 aliphatic heterocycles. The van der Waals surface area contributed by atoms with Crippen LogP contribution in [-0.2, 0) is 6.54 Å². The summed E-state index contributed by atoms with van der Waals surface area (Å²) in [6.45, 7) is 6.07. The second-order valence-electron chi connectivity index (χ2n) is 5.53. The summed E-state index contributed by atoms with van der Waals surface area (Å²) in [5, 5.41) is 13.2. The zero-order chi connectivity index (χ0) is 12.7. The SMILES string of the molecule is CC1C2CNCC2CN1Cc1cc(F)ccc1O. The third kappa shape index (κ3) is 1.99. The Kier molecular flexibility index (Phi) is 2.99. The fourth-order valence-electron chi connectivity index (χ4n) is 3.36. The van der Waals surface area contributed by atoms with Crippen molar-refractivity contribution in [3.63, 3.8) is 0 Å². The van der Waals surface area contributed by atoms with Crippen LogP contribution in [0.4, 0.5) is 4.39 Å². The van der Waals surface area contributed by atoms with Gasteiger partial charge in [0.2, 0.25) is 0 Å². The molecule has 3 rings (SSSR count). The summed E-state index contributed by atoms with van der Waals surface area (Å²) in [6, 6.07) is 4.67. The first-order valence-electron chi connectivity index (χ1n) is 6.57. The third-order valence-corrected chi connectivity index (χ3v) is 4.47. The standard InChI is InChI=1S/C14H19FN2O/c1-9-13-6-16-5-11(13)8-17(9)7-10-4-12(15)2-3-14(10)18/h2-4,9,11,13,16,18H,5-8H2,1H3. The Morgan fingerprint density at radius 3 is 3.06 bits per heavy atom. The molecule has 2 fully saturated rings. The number of nitrogens with one attached hydrogen (secondary N) is 1. The van der Waals surface area contributed by atoms with Gasteiger partial charge in [0.15, 0.2) is 0 Å². The monoisotopic (exact) mass is 250 g/mol. The molecule has 3 atom stereocenters. The van der Waals surface area contributed by atoms with Gasteiger partial charge in [0.1, 0.15) is 11.6 Å². The molecule has 2 heterocycles. The Hall–Kier alpha value is -1.13. The van der Waals surface area contributed by atoms with E-state index in [-0.39, 0.29) is 11.6 Å². The van der Waals surface area contributed by atoms with Gasteiger partial charge in [-0.15, -0.1) is 0 Å². The average Bonchev–Trinajstić information content (AvgIpc) is 2.89. The highest BCUT2D eigenvalue weighted by atomic mass is 19.1. The van der Waals surface area contributed by atoms with Gasteiger partial charge < -0.3 is 10.4 Å². The van der Waals surface area contributed by atoms with Gasteiger partial charge >= 0.3 is 0 Å². The van der Waals surface area contributed by atoms with E-state index in [2.05, 4.69) is 17.1 Å². The van der Waals surface area contributed by atoms with Crippen LogP contribution >= 0.6 is 0 Å². The van der Waals surface area contributed by atoms with Crippen LogP contribution in [0.5, 0.6) is 5.75 Å². The van der Waals surface area contributed by atoms with Crippen molar-refractivity contribution in [2.24, 2.45) is 11.8 Å². The number of nitrogens with zero attached hydrogens (tertiary/aromatic N) is 1. The van der Waals surface area contributed by atoms with E-state index in [0.29, 0.717) is 30.0 Å². The Balaban J connectivity index is 1.75. The van der Waals surface area contributed by atoms with Crippen LogP contribution in [0.15, 0.2) is 18.2 Å². The van der Waals surface area contributed by atoms with Gasteiger partial charge in [0.25, 0.3) is 0 Å². The minimum atomic E-state index is -0.281. The van der Waals surface area contributed by atoms with Crippen LogP contribution in [0.2, 0.25) is 0 Å². The third-order valence-electron chi connectivity index (χ3n) is 4.47. The highest BCUT2D eigenvalue weighted by molar-refractivity contribution is 5.32. The number of phenolic OH excluding ortho intramolecular Hbond substituents is 1. The Morgan fingerprint density at radius 2 is 2.28 bits per heavy atom. The number of rotatable bonds is 2. The number of benzene rings is 1. The van der Waals surface area contributed by atoms with Crippen molar-refractivity contribution in [2.75, 3.05) is 19.6 Å². The summed E-state index contributed by atoms with van der Waals surface area (Å²) in [4.78, 5) is 2.35. The van der Waals surface area contributed by atoms with Gasteiger partial charge in [-0.25, -0.2) is 4.39 Å². The van der Waals surface area contributed by atoms with E-state index in [1.807, 2.05) is 0 Å². The largest absolute Gasteiger partial charge is 0.508 e. The first kappa shape index (κ1) is 11.9. The van der Waals surface area contributed by atoms with Crippen molar-refractivity contribution in [3.8, 4) is 5.75 Å². The molecule has 2 N–H and O–H groups in total. The molecule has 0 spiro atoms. The van der Waals surface area contributed by atoms with E-state index in [0.717, 1.165) is 19.6 Å². The first-order valence-corrected chi connectivity index (χ1v) is 6.57. The van der Waals surface area contributed by atoms with E-state index in [9.17, 15) is 9.50 Å². The Labute approximate surface area is 107 Å². The normalized spacial score (nSPS) is 31.8. The Morgan fingerprint density at radius 1 is 1.44 bits per heavy atom. The summed E-state index contributed by atoms with van der Waals surface area (Å²) in [5.74, 6) is 1.31. The predicted molar refractivity (Wildman–Crippen MR) is 67.8 cm³/mol. The molecule has 2 saturated heterocycles. The lowest BCUT2D eigenvalue weighted by Gasteiger charge is -2.24. The summed E-state index contributed by atoms with van der Waals surface area (Å²) in [6.07, 6.45) is 0. The van der Waals surface area contributed by atoms with Crippen LogP contribution in [-0.4, -0.2) is 35.7 Å². The number of aromatic hydroxyl groups is 1. The predicted octanol–water partition coefficient (Wildman–Crippen LogP) is 1.57. The summed E-state index contributed by atoms with van der Waals surface area (Å²) >= 11 is 0. The van der Waals surface area contributed by atoms with Gasteiger partial charge in [0.05, 0.1) is 0 Å². The molecule has 0 bridgehead atoms. The summed E-state index contributed by atoms with van der Waals surface area (Å²) in [7, 11) is 0. The second-order valence-corrected chi connectivity index (χ2v) is 5.53. The Bertz CT molecular complexity index is 451. The van der Waals surface area contributed by atoms with E-state index < -0.39 is 0 Å². The van der Waals surface area contributed by atoms with Crippen molar-refractivity contribution in [1.29, 1.82) is 0 Å². The van der Waals surface area contributed by atoms with Crippen molar-refractivity contribution >= 4 is 0 Å². The molecule has 0 aromatic heterocycles. The topological polar surface area (TPSA) is 35.5 Å². The van der Waals surface area contributed by atoms with Gasteiger partial charge in [-0.3, -0.25) is 4.90 Å². The van der Waals surface area contributed by atoms with Crippen LogP contribution in [0.1, 0.15) is 12.5 Å². The molecule has 3 nitrogen and oxygen atoms in total. The van der Waals surface area contributed by atoms with E-state index in [1.165, 1.54) is 18.2 Å². The molecule has 0 amide bonds. The quantitative estimate of drug-likeness (QED) is 0.836. The molecule has 1 aromatic carbocycles. The van der Waals surface area contributed by atoms with E-state index in [4.69, 9.17) is 0 Å². The maximum absolute atomic E-state index is 13.2. The molecule has 4 heteroatoms. The number of fused-ring (bicyclic) bond motifs is 1. The number of likely N-dealkylation sites (tertiary alicyclic amines) is 1. The molecule has 0 saturated carbocycles. The molecular weight excluding hydrogens is 231 g/mol. The van der Waals surface area contributed by atoms with Crippen molar-refractivity contribution in [3.05, 3.63) is 29.6 Å². The van der Waals surface area contributed by atoms with Crippen molar-refractivity contribution < 1.29 is 9.50 Å². The number of hydrogen-bond acceptors (Lipinski definition) is 3. The lowest BCUT2D eigenvalue weighted by atomic mass is 9.95. The number of phenols is 1. The minimum Gasteiger partial charge on any atom is -0.508 e. The maximum atomic E-state index is 13.2. The molecular formula is C14H19FN2O. The van der Waals surface area contributed by atoms with Crippen LogP contribution < -0.4 is 5.32 Å². The molecule has 3 unspecified atom stereocenters. The van der Waals surface area contributed by atoms with Crippen LogP contribution in [0.3, 0.4) is 0 Å². The zero-order valence-corrected chi connectivity index (χ0v) is 10.6. The van der Waals surface area contributed by atoms with Gasteiger partial charge in [-0.05, 0) is 50.0 Å². The minimum absolute atomic E-state index is 0.193. The lowest BCUT2D eigenvalue weighted by molar-refractivity contribution is 0.228. The smallest absolute Gasteiger partial charge is 0.123 e. The maximum Gasteiger partial charge on any atom is 0.123 e.